The van der Waals surface area contributed by atoms with Crippen molar-refractivity contribution in [2.45, 2.75) is 25.7 Å². The average Bonchev–Trinajstić information content (AvgIpc) is 2.19. The molecule has 0 bridgehead atoms. The zero-order valence-corrected chi connectivity index (χ0v) is 10.4. The van der Waals surface area contributed by atoms with Gasteiger partial charge in [0, 0.05) is 0 Å². The molecule has 15 heavy (non-hydrogen) atoms. The van der Waals surface area contributed by atoms with Gasteiger partial charge in [-0.3, -0.25) is 0 Å². The van der Waals surface area contributed by atoms with Gasteiger partial charge in [0.2, 0.25) is 0 Å². The Morgan fingerprint density at radius 3 is 2.47 bits per heavy atom. The lowest BCUT2D eigenvalue weighted by molar-refractivity contribution is 0.121. The van der Waals surface area contributed by atoms with Crippen LogP contribution in [0.5, 0.6) is 0 Å². The molecule has 0 amide bonds. The standard InChI is InChI=1S/C11H15Cl2NO/c1-11(2,5-6-15-14)8-3-4-9(12)10(13)7-8/h3-4,7H,5-6,14H2,1-2H3. The predicted octanol–water partition coefficient (Wildman–Crippen LogP) is 3.55. The molecule has 0 saturated carbocycles. The third-order valence-corrected chi connectivity index (χ3v) is 3.29. The molecule has 0 radical (unpaired) electrons. The molecule has 1 rings (SSSR count). The van der Waals surface area contributed by atoms with E-state index in [4.69, 9.17) is 29.1 Å². The van der Waals surface area contributed by atoms with Gasteiger partial charge >= 0.3 is 0 Å². The van der Waals surface area contributed by atoms with E-state index in [-0.39, 0.29) is 5.41 Å². The summed E-state index contributed by atoms with van der Waals surface area (Å²) in [6.07, 6.45) is 0.835. The Balaban J connectivity index is 2.89. The van der Waals surface area contributed by atoms with Gasteiger partial charge in [0.25, 0.3) is 0 Å². The molecule has 2 N–H and O–H groups in total. The molecule has 1 aromatic rings. The summed E-state index contributed by atoms with van der Waals surface area (Å²) in [7, 11) is 0. The summed E-state index contributed by atoms with van der Waals surface area (Å²) >= 11 is 11.8. The van der Waals surface area contributed by atoms with Crippen molar-refractivity contribution in [1.82, 2.24) is 0 Å². The number of halogens is 2. The molecule has 4 heteroatoms. The van der Waals surface area contributed by atoms with Crippen molar-refractivity contribution in [2.75, 3.05) is 6.61 Å². The van der Waals surface area contributed by atoms with Gasteiger partial charge in [-0.15, -0.1) is 0 Å². The third-order valence-electron chi connectivity index (χ3n) is 2.55. The molecular weight excluding hydrogens is 233 g/mol. The van der Waals surface area contributed by atoms with Crippen LogP contribution in [0.3, 0.4) is 0 Å². The van der Waals surface area contributed by atoms with Gasteiger partial charge < -0.3 is 4.84 Å². The number of benzene rings is 1. The SMILES string of the molecule is CC(C)(CCON)c1ccc(Cl)c(Cl)c1. The van der Waals surface area contributed by atoms with Crippen molar-refractivity contribution >= 4 is 23.2 Å². The molecule has 0 fully saturated rings. The minimum atomic E-state index is -0.0202. The minimum absolute atomic E-state index is 0.0202. The summed E-state index contributed by atoms with van der Waals surface area (Å²) in [5.41, 5.74) is 1.11. The fraction of sp³-hybridized carbons (Fsp3) is 0.455. The summed E-state index contributed by atoms with van der Waals surface area (Å²) in [6.45, 7) is 4.75. The maximum Gasteiger partial charge on any atom is 0.0687 e. The molecule has 0 spiro atoms. The molecule has 0 atom stereocenters. The monoisotopic (exact) mass is 247 g/mol. The van der Waals surface area contributed by atoms with Crippen LogP contribution < -0.4 is 5.90 Å². The fourth-order valence-electron chi connectivity index (χ4n) is 1.38. The first-order valence-electron chi connectivity index (χ1n) is 4.74. The smallest absolute Gasteiger partial charge is 0.0687 e. The van der Waals surface area contributed by atoms with Crippen LogP contribution in [0.2, 0.25) is 10.0 Å². The first-order valence-corrected chi connectivity index (χ1v) is 5.50. The van der Waals surface area contributed by atoms with E-state index in [1.807, 2.05) is 18.2 Å². The quantitative estimate of drug-likeness (QED) is 0.827. The molecule has 0 aliphatic rings. The second-order valence-electron chi connectivity index (χ2n) is 4.13. The fourth-order valence-corrected chi connectivity index (χ4v) is 1.67. The first kappa shape index (κ1) is 12.8. The maximum absolute atomic E-state index is 5.97. The second-order valence-corrected chi connectivity index (χ2v) is 4.95. The van der Waals surface area contributed by atoms with Gasteiger partial charge in [-0.1, -0.05) is 43.1 Å². The predicted molar refractivity (Wildman–Crippen MR) is 64.2 cm³/mol. The second kappa shape index (κ2) is 5.17. The number of nitrogens with two attached hydrogens (primary N) is 1. The maximum atomic E-state index is 5.97. The number of hydrogen-bond donors (Lipinski definition) is 1. The summed E-state index contributed by atoms with van der Waals surface area (Å²) < 4.78 is 0. The zero-order valence-electron chi connectivity index (χ0n) is 8.89. The van der Waals surface area contributed by atoms with E-state index >= 15 is 0 Å². The highest BCUT2D eigenvalue weighted by Crippen LogP contribution is 2.31. The molecule has 0 heterocycles. The highest BCUT2D eigenvalue weighted by atomic mass is 35.5. The van der Waals surface area contributed by atoms with Crippen LogP contribution >= 0.6 is 23.2 Å². The van der Waals surface area contributed by atoms with E-state index in [2.05, 4.69) is 18.7 Å². The van der Waals surface area contributed by atoms with E-state index in [9.17, 15) is 0 Å². The average molecular weight is 248 g/mol. The first-order chi connectivity index (χ1) is 6.97. The van der Waals surface area contributed by atoms with Crippen molar-refractivity contribution in [2.24, 2.45) is 5.90 Å². The van der Waals surface area contributed by atoms with Crippen molar-refractivity contribution in [1.29, 1.82) is 0 Å². The number of rotatable bonds is 4. The highest BCUT2D eigenvalue weighted by Gasteiger charge is 2.20. The lowest BCUT2D eigenvalue weighted by Crippen LogP contribution is -2.20. The molecule has 2 nitrogen and oxygen atoms in total. The molecule has 0 unspecified atom stereocenters. The summed E-state index contributed by atoms with van der Waals surface area (Å²) in [5, 5.41) is 1.15. The van der Waals surface area contributed by atoms with Gasteiger partial charge in [0.1, 0.15) is 0 Å². The van der Waals surface area contributed by atoms with E-state index < -0.39 is 0 Å². The van der Waals surface area contributed by atoms with Gasteiger partial charge in [0.15, 0.2) is 0 Å². The third kappa shape index (κ3) is 3.35. The highest BCUT2D eigenvalue weighted by molar-refractivity contribution is 6.42. The summed E-state index contributed by atoms with van der Waals surface area (Å²) in [6, 6.07) is 5.68. The van der Waals surface area contributed by atoms with Gasteiger partial charge in [-0.25, -0.2) is 5.90 Å². The molecule has 0 aromatic heterocycles. The van der Waals surface area contributed by atoms with E-state index in [1.165, 1.54) is 0 Å². The normalized spacial score (nSPS) is 11.8. The van der Waals surface area contributed by atoms with Crippen molar-refractivity contribution < 1.29 is 4.84 Å². The molecule has 84 valence electrons. The van der Waals surface area contributed by atoms with E-state index in [0.29, 0.717) is 16.7 Å². The Labute approximate surface area is 100 Å². The Hall–Kier alpha value is -0.280. The lowest BCUT2D eigenvalue weighted by Gasteiger charge is -2.25. The molecule has 0 saturated heterocycles. The van der Waals surface area contributed by atoms with Crippen LogP contribution in [0.25, 0.3) is 0 Å². The van der Waals surface area contributed by atoms with Gasteiger partial charge in [-0.2, -0.15) is 0 Å². The Morgan fingerprint density at radius 1 is 1.27 bits per heavy atom. The van der Waals surface area contributed by atoms with Crippen molar-refractivity contribution in [3.05, 3.63) is 33.8 Å². The molecule has 1 aromatic carbocycles. The van der Waals surface area contributed by atoms with Crippen LogP contribution in [-0.4, -0.2) is 6.61 Å². The molecule has 0 aliphatic carbocycles. The van der Waals surface area contributed by atoms with Crippen molar-refractivity contribution in [3.8, 4) is 0 Å². The van der Waals surface area contributed by atoms with Gasteiger partial charge in [-0.05, 0) is 29.5 Å². The van der Waals surface area contributed by atoms with E-state index in [0.717, 1.165) is 12.0 Å². The lowest BCUT2D eigenvalue weighted by atomic mass is 9.82. The van der Waals surface area contributed by atoms with E-state index in [1.54, 1.807) is 0 Å². The van der Waals surface area contributed by atoms with Crippen LogP contribution in [-0.2, 0) is 10.3 Å². The number of hydrogen-bond acceptors (Lipinski definition) is 2. The minimum Gasteiger partial charge on any atom is -0.305 e. The van der Waals surface area contributed by atoms with Gasteiger partial charge in [0.05, 0.1) is 16.7 Å². The molecular formula is C11H15Cl2NO. The van der Waals surface area contributed by atoms with Crippen LogP contribution in [0.15, 0.2) is 18.2 Å². The van der Waals surface area contributed by atoms with Crippen LogP contribution in [0.1, 0.15) is 25.8 Å². The van der Waals surface area contributed by atoms with Crippen molar-refractivity contribution in [3.63, 3.8) is 0 Å². The van der Waals surface area contributed by atoms with Crippen LogP contribution in [0, 0.1) is 0 Å². The zero-order chi connectivity index (χ0) is 11.5. The molecule has 0 aliphatic heterocycles. The summed E-state index contributed by atoms with van der Waals surface area (Å²) in [4.78, 5) is 4.59. The largest absolute Gasteiger partial charge is 0.305 e. The summed E-state index contributed by atoms with van der Waals surface area (Å²) in [5.74, 6) is 5.02. The topological polar surface area (TPSA) is 35.2 Å². The Bertz CT molecular complexity index is 339. The Morgan fingerprint density at radius 2 is 1.93 bits per heavy atom. The van der Waals surface area contributed by atoms with Crippen LogP contribution in [0.4, 0.5) is 0 Å². The Kier molecular flexibility index (Phi) is 4.41.